The molecule has 1 saturated carbocycles. The zero-order valence-electron chi connectivity index (χ0n) is 44.9. The maximum Gasteiger partial charge on any atom is 0.257 e. The van der Waals surface area contributed by atoms with Crippen molar-refractivity contribution in [3.05, 3.63) is 199 Å². The molecular formula is C70H62BN3OS. The fourth-order valence-corrected chi connectivity index (χ4v) is 15.6. The number of nitrogens with zero attached hydrogens (tertiary/aromatic N) is 3. The fraction of sp³-hybridized carbons (Fsp3) is 0.229. The third-order valence-electron chi connectivity index (χ3n) is 18.5. The summed E-state index contributed by atoms with van der Waals surface area (Å²) in [5.74, 6) is 0. The molecule has 0 radical (unpaired) electrons. The van der Waals surface area contributed by atoms with E-state index in [1.54, 1.807) is 0 Å². The molecule has 1 aliphatic carbocycles. The Morgan fingerprint density at radius 2 is 1.13 bits per heavy atom. The Labute approximate surface area is 451 Å². The van der Waals surface area contributed by atoms with Crippen molar-refractivity contribution in [2.45, 2.75) is 103 Å². The van der Waals surface area contributed by atoms with Gasteiger partial charge in [0.25, 0.3) is 6.71 Å². The predicted octanol–water partition coefficient (Wildman–Crippen LogP) is 18.0. The molecule has 0 amide bonds. The molecule has 2 aromatic heterocycles. The van der Waals surface area contributed by atoms with Gasteiger partial charge in [-0.15, -0.1) is 11.3 Å². The number of thiophene rings is 1. The molecule has 15 rings (SSSR count). The van der Waals surface area contributed by atoms with Crippen molar-refractivity contribution < 1.29 is 4.42 Å². The van der Waals surface area contributed by atoms with Crippen LogP contribution in [0.4, 0.5) is 45.5 Å². The van der Waals surface area contributed by atoms with Gasteiger partial charge in [-0.05, 0) is 142 Å². The predicted molar refractivity (Wildman–Crippen MR) is 326 cm³/mol. The maximum absolute atomic E-state index is 7.32. The Bertz CT molecular complexity index is 4230. The molecule has 5 heterocycles. The zero-order valence-corrected chi connectivity index (χ0v) is 45.7. The van der Waals surface area contributed by atoms with Crippen molar-refractivity contribution in [2.75, 3.05) is 14.7 Å². The number of hydrogen-bond donors (Lipinski definition) is 0. The Kier molecular flexibility index (Phi) is 9.65. The summed E-state index contributed by atoms with van der Waals surface area (Å²) >= 11 is 1.89. The summed E-state index contributed by atoms with van der Waals surface area (Å²) in [5, 5.41) is 4.87. The van der Waals surface area contributed by atoms with Crippen LogP contribution < -0.4 is 31.1 Å². The van der Waals surface area contributed by atoms with Gasteiger partial charge in [0.05, 0.1) is 16.9 Å². The first-order chi connectivity index (χ1) is 36.7. The lowest BCUT2D eigenvalue weighted by Gasteiger charge is -2.51. The molecule has 0 saturated heterocycles. The van der Waals surface area contributed by atoms with Gasteiger partial charge in [-0.1, -0.05) is 171 Å². The van der Waals surface area contributed by atoms with E-state index in [0.29, 0.717) is 0 Å². The van der Waals surface area contributed by atoms with Crippen LogP contribution in [-0.4, -0.2) is 12.3 Å². The Morgan fingerprint density at radius 1 is 0.500 bits per heavy atom. The average Bonchev–Trinajstić information content (AvgIpc) is 4.23. The molecule has 76 heavy (non-hydrogen) atoms. The van der Waals surface area contributed by atoms with E-state index >= 15 is 0 Å². The van der Waals surface area contributed by atoms with Gasteiger partial charge in [-0.25, -0.2) is 0 Å². The lowest BCUT2D eigenvalue weighted by molar-refractivity contribution is 0.195. The minimum absolute atomic E-state index is 0.0310. The van der Waals surface area contributed by atoms with Gasteiger partial charge in [0.1, 0.15) is 11.2 Å². The van der Waals surface area contributed by atoms with Gasteiger partial charge in [0.2, 0.25) is 0 Å². The number of rotatable bonds is 4. The van der Waals surface area contributed by atoms with Gasteiger partial charge >= 0.3 is 0 Å². The molecule has 9 aromatic carbocycles. The number of furan rings is 1. The average molecular weight is 1000 g/mol. The van der Waals surface area contributed by atoms with Crippen LogP contribution in [0.2, 0.25) is 0 Å². The molecule has 1 fully saturated rings. The molecular weight excluding hydrogens is 942 g/mol. The summed E-state index contributed by atoms with van der Waals surface area (Å²) in [6, 6.07) is 69.7. The van der Waals surface area contributed by atoms with Crippen molar-refractivity contribution in [1.82, 2.24) is 0 Å². The standard InChI is InChI=1S/C70H62BN3OS/c1-67(2,3)44-31-34-53(50(39-44)43-21-10-9-11-22-43)72-57-36-33-48-47-23-12-16-28-60(47)75-66(48)65(57)71-52-40-45(68(4,5)6)32-35-55(52)73(56-27-20-30-62-63(56)49-24-13-17-29-61(49)76-62)59-42-46(41-58(72)64(59)71)74-54-26-15-14-25-51(54)69(7)37-18-19-38-70(69,74)8/h9-17,20-36,39-42H,18-19,37-38H2,1-8H3. The second-order valence-electron chi connectivity index (χ2n) is 24.8. The van der Waals surface area contributed by atoms with Gasteiger partial charge in [-0.3, -0.25) is 0 Å². The quantitative estimate of drug-likeness (QED) is 0.164. The SMILES string of the molecule is CC(C)(C)c1ccc2c(c1)B1c3c(cc(N4c5ccccc5C5(C)CCCCC45C)cc3N2c2cccc3sc4ccccc4c23)N(c2ccc(C(C)(C)C)cc2-c2ccccc2)c2ccc3c(oc4ccccc43)c21. The second kappa shape index (κ2) is 16.0. The topological polar surface area (TPSA) is 22.9 Å². The van der Waals surface area contributed by atoms with Gasteiger partial charge in [0, 0.05) is 76.0 Å². The zero-order chi connectivity index (χ0) is 51.6. The largest absolute Gasteiger partial charge is 0.457 e. The highest BCUT2D eigenvalue weighted by Crippen LogP contribution is 2.62. The third kappa shape index (κ3) is 6.31. The molecule has 0 bridgehead atoms. The molecule has 0 spiro atoms. The van der Waals surface area contributed by atoms with Crippen molar-refractivity contribution in [3.8, 4) is 11.1 Å². The number of fused-ring (bicyclic) bond motifs is 14. The molecule has 4 aliphatic rings. The molecule has 2 unspecified atom stereocenters. The van der Waals surface area contributed by atoms with Crippen LogP contribution in [0.5, 0.6) is 0 Å². The van der Waals surface area contributed by atoms with Crippen LogP contribution in [0.25, 0.3) is 53.2 Å². The van der Waals surface area contributed by atoms with Crippen LogP contribution in [0.1, 0.15) is 97.8 Å². The van der Waals surface area contributed by atoms with E-state index in [-0.39, 0.29) is 28.5 Å². The van der Waals surface area contributed by atoms with E-state index in [4.69, 9.17) is 4.42 Å². The highest BCUT2D eigenvalue weighted by Gasteiger charge is 2.58. The monoisotopic (exact) mass is 1000 g/mol. The van der Waals surface area contributed by atoms with Crippen LogP contribution >= 0.6 is 11.3 Å². The first-order valence-corrected chi connectivity index (χ1v) is 28.4. The van der Waals surface area contributed by atoms with E-state index in [0.717, 1.165) is 46.2 Å². The number of anilines is 8. The van der Waals surface area contributed by atoms with Gasteiger partial charge in [-0.2, -0.15) is 0 Å². The van der Waals surface area contributed by atoms with Crippen molar-refractivity contribution in [2.24, 2.45) is 0 Å². The maximum atomic E-state index is 7.32. The third-order valence-corrected chi connectivity index (χ3v) is 19.6. The van der Waals surface area contributed by atoms with Crippen molar-refractivity contribution >= 4 is 122 Å². The first-order valence-electron chi connectivity index (χ1n) is 27.6. The van der Waals surface area contributed by atoms with E-state index in [2.05, 4.69) is 252 Å². The summed E-state index contributed by atoms with van der Waals surface area (Å²) in [6.45, 7) is 19.0. The molecule has 0 N–H and O–H groups in total. The van der Waals surface area contributed by atoms with E-state index in [9.17, 15) is 0 Å². The fourth-order valence-electron chi connectivity index (χ4n) is 14.5. The normalized spacial score (nSPS) is 18.8. The van der Waals surface area contributed by atoms with E-state index < -0.39 is 0 Å². The number of benzene rings is 9. The summed E-state index contributed by atoms with van der Waals surface area (Å²) in [4.78, 5) is 8.12. The van der Waals surface area contributed by atoms with Crippen molar-refractivity contribution in [3.63, 3.8) is 0 Å². The minimum atomic E-state index is -0.169. The van der Waals surface area contributed by atoms with Gasteiger partial charge < -0.3 is 19.1 Å². The molecule has 3 aliphatic heterocycles. The van der Waals surface area contributed by atoms with Crippen LogP contribution in [0, 0.1) is 0 Å². The first kappa shape index (κ1) is 45.8. The van der Waals surface area contributed by atoms with Crippen LogP contribution in [-0.2, 0) is 16.2 Å². The lowest BCUT2D eigenvalue weighted by Crippen LogP contribution is -2.62. The van der Waals surface area contributed by atoms with E-state index in [1.165, 1.54) is 111 Å². The summed E-state index contributed by atoms with van der Waals surface area (Å²) in [6.07, 6.45) is 4.71. The summed E-state index contributed by atoms with van der Waals surface area (Å²) in [7, 11) is 0. The van der Waals surface area contributed by atoms with Crippen LogP contribution in [0.15, 0.2) is 186 Å². The molecule has 2 atom stereocenters. The lowest BCUT2D eigenvalue weighted by atomic mass is 9.33. The summed E-state index contributed by atoms with van der Waals surface area (Å²) < 4.78 is 9.92. The Balaban J connectivity index is 1.14. The van der Waals surface area contributed by atoms with Gasteiger partial charge in [0.15, 0.2) is 0 Å². The highest BCUT2D eigenvalue weighted by molar-refractivity contribution is 7.26. The van der Waals surface area contributed by atoms with E-state index in [1.807, 2.05) is 11.3 Å². The Hall–Kier alpha value is -7.54. The molecule has 4 nitrogen and oxygen atoms in total. The van der Waals surface area contributed by atoms with Crippen molar-refractivity contribution in [1.29, 1.82) is 0 Å². The minimum Gasteiger partial charge on any atom is -0.457 e. The molecule has 6 heteroatoms. The summed E-state index contributed by atoms with van der Waals surface area (Å²) in [5.41, 5.74) is 21.4. The molecule has 372 valence electrons. The molecule has 11 aromatic rings. The Morgan fingerprint density at radius 3 is 1.92 bits per heavy atom. The second-order valence-corrected chi connectivity index (χ2v) is 25.8. The number of para-hydroxylation sites is 2. The smallest absolute Gasteiger partial charge is 0.257 e. The number of hydrogen-bond acceptors (Lipinski definition) is 5. The van der Waals surface area contributed by atoms with Crippen LogP contribution in [0.3, 0.4) is 0 Å². The highest BCUT2D eigenvalue weighted by atomic mass is 32.1.